The van der Waals surface area contributed by atoms with Gasteiger partial charge in [0.2, 0.25) is 0 Å². The van der Waals surface area contributed by atoms with Crippen molar-refractivity contribution in [1.82, 2.24) is 5.32 Å². The molecule has 13 heavy (non-hydrogen) atoms. The summed E-state index contributed by atoms with van der Waals surface area (Å²) in [5, 5.41) is 4.50. The van der Waals surface area contributed by atoms with Crippen molar-refractivity contribution in [2.45, 2.75) is 43.9 Å². The molecule has 0 aliphatic heterocycles. The second-order valence-corrected chi connectivity index (χ2v) is 5.08. The number of nitrogens with one attached hydrogen (secondary N) is 1. The lowest BCUT2D eigenvalue weighted by Crippen LogP contribution is -2.34. The highest BCUT2D eigenvalue weighted by atomic mass is 32.2. The summed E-state index contributed by atoms with van der Waals surface area (Å²) in [5.41, 5.74) is 0. The molecule has 1 rings (SSSR count). The minimum Gasteiger partial charge on any atom is -0.313 e. The third kappa shape index (κ3) is 3.74. The summed E-state index contributed by atoms with van der Waals surface area (Å²) in [5.74, 6) is 1.25. The Morgan fingerprint density at radius 3 is 3.08 bits per heavy atom. The summed E-state index contributed by atoms with van der Waals surface area (Å²) >= 11 is 2.12. The molecular weight excluding hydrogens is 178 g/mol. The molecule has 1 aliphatic rings. The van der Waals surface area contributed by atoms with Crippen LogP contribution in [0.15, 0.2) is 12.7 Å². The van der Waals surface area contributed by atoms with Gasteiger partial charge >= 0.3 is 0 Å². The van der Waals surface area contributed by atoms with Crippen LogP contribution in [-0.2, 0) is 0 Å². The van der Waals surface area contributed by atoms with E-state index in [0.29, 0.717) is 0 Å². The Hall–Kier alpha value is 0.0500. The van der Waals surface area contributed by atoms with Crippen molar-refractivity contribution >= 4 is 11.8 Å². The summed E-state index contributed by atoms with van der Waals surface area (Å²) < 4.78 is 0. The Labute approximate surface area is 86.4 Å². The van der Waals surface area contributed by atoms with E-state index < -0.39 is 0 Å². The van der Waals surface area contributed by atoms with Gasteiger partial charge in [0.15, 0.2) is 0 Å². The first kappa shape index (κ1) is 11.1. The lowest BCUT2D eigenvalue weighted by atomic mass is 10.2. The average Bonchev–Trinajstić information content (AvgIpc) is 2.54. The van der Waals surface area contributed by atoms with Crippen molar-refractivity contribution in [1.29, 1.82) is 0 Å². The maximum Gasteiger partial charge on any atom is 0.0201 e. The molecule has 0 aromatic heterocycles. The summed E-state index contributed by atoms with van der Waals surface area (Å²) in [7, 11) is 0. The second kappa shape index (κ2) is 6.50. The fraction of sp³-hybridized carbons (Fsp3) is 0.818. The maximum atomic E-state index is 3.73. The van der Waals surface area contributed by atoms with E-state index in [9.17, 15) is 0 Å². The summed E-state index contributed by atoms with van der Waals surface area (Å²) in [4.78, 5) is 0. The first-order valence-electron chi connectivity index (χ1n) is 5.34. The average molecular weight is 199 g/mol. The van der Waals surface area contributed by atoms with E-state index >= 15 is 0 Å². The molecule has 1 nitrogen and oxygen atoms in total. The molecule has 0 bridgehead atoms. The van der Waals surface area contributed by atoms with Gasteiger partial charge in [0.1, 0.15) is 0 Å². The Morgan fingerprint density at radius 1 is 1.54 bits per heavy atom. The van der Waals surface area contributed by atoms with E-state index in [1.807, 2.05) is 6.08 Å². The van der Waals surface area contributed by atoms with Crippen LogP contribution in [0.4, 0.5) is 0 Å². The molecule has 1 aliphatic carbocycles. The molecule has 0 aromatic carbocycles. The summed E-state index contributed by atoms with van der Waals surface area (Å²) in [6, 6.07) is 0.768. The van der Waals surface area contributed by atoms with Gasteiger partial charge < -0.3 is 5.32 Å². The highest BCUT2D eigenvalue weighted by Gasteiger charge is 2.25. The van der Waals surface area contributed by atoms with E-state index in [1.54, 1.807) is 0 Å². The maximum absolute atomic E-state index is 3.73. The number of rotatable bonds is 6. The van der Waals surface area contributed by atoms with Crippen LogP contribution in [0.5, 0.6) is 0 Å². The number of hydrogen-bond donors (Lipinski definition) is 1. The first-order chi connectivity index (χ1) is 6.38. The molecule has 0 aromatic rings. The Kier molecular flexibility index (Phi) is 5.56. The zero-order chi connectivity index (χ0) is 9.52. The van der Waals surface area contributed by atoms with Crippen LogP contribution in [0.1, 0.15) is 32.6 Å². The molecule has 0 amide bonds. The largest absolute Gasteiger partial charge is 0.313 e. The minimum atomic E-state index is 0.768. The fourth-order valence-corrected chi connectivity index (χ4v) is 3.17. The monoisotopic (exact) mass is 199 g/mol. The Morgan fingerprint density at radius 2 is 2.38 bits per heavy atom. The van der Waals surface area contributed by atoms with Crippen LogP contribution in [0.25, 0.3) is 0 Å². The predicted octanol–water partition coefficient (Wildman–Crippen LogP) is 2.83. The Balaban J connectivity index is 2.18. The lowest BCUT2D eigenvalue weighted by Gasteiger charge is -2.19. The van der Waals surface area contributed by atoms with Crippen molar-refractivity contribution < 1.29 is 0 Å². The molecule has 1 fully saturated rings. The topological polar surface area (TPSA) is 12.0 Å². The molecule has 0 radical (unpaired) electrons. The highest BCUT2D eigenvalue weighted by molar-refractivity contribution is 7.99. The molecule has 1 saturated carbocycles. The van der Waals surface area contributed by atoms with Gasteiger partial charge in [0.05, 0.1) is 0 Å². The van der Waals surface area contributed by atoms with Gasteiger partial charge in [-0.2, -0.15) is 11.8 Å². The van der Waals surface area contributed by atoms with E-state index in [0.717, 1.165) is 24.3 Å². The van der Waals surface area contributed by atoms with Crippen molar-refractivity contribution in [3.63, 3.8) is 0 Å². The summed E-state index contributed by atoms with van der Waals surface area (Å²) in [6.45, 7) is 7.09. The summed E-state index contributed by atoms with van der Waals surface area (Å²) in [6.07, 6.45) is 7.27. The molecule has 0 saturated heterocycles. The molecule has 2 atom stereocenters. The van der Waals surface area contributed by atoms with Gasteiger partial charge in [-0.15, -0.1) is 6.58 Å². The van der Waals surface area contributed by atoms with Crippen molar-refractivity contribution in [2.24, 2.45) is 0 Å². The van der Waals surface area contributed by atoms with Gasteiger partial charge in [0, 0.05) is 11.3 Å². The van der Waals surface area contributed by atoms with Gasteiger partial charge in [-0.05, 0) is 31.6 Å². The zero-order valence-electron chi connectivity index (χ0n) is 8.59. The van der Waals surface area contributed by atoms with Crippen LogP contribution in [-0.4, -0.2) is 23.6 Å². The number of hydrogen-bond acceptors (Lipinski definition) is 2. The van der Waals surface area contributed by atoms with Gasteiger partial charge in [0.25, 0.3) is 0 Å². The SMILES string of the molecule is C=CCCNC1CCCC1SCC. The molecule has 1 N–H and O–H groups in total. The predicted molar refractivity (Wildman–Crippen MR) is 62.4 cm³/mol. The van der Waals surface area contributed by atoms with E-state index in [1.165, 1.54) is 25.0 Å². The number of thioether (sulfide) groups is 1. The van der Waals surface area contributed by atoms with Crippen molar-refractivity contribution in [2.75, 3.05) is 12.3 Å². The lowest BCUT2D eigenvalue weighted by molar-refractivity contribution is 0.538. The normalized spacial score (nSPS) is 27.8. The standard InChI is InChI=1S/C11H21NS/c1-3-5-9-12-10-7-6-8-11(10)13-4-2/h3,10-12H,1,4-9H2,2H3. The Bertz CT molecular complexity index is 147. The molecular formula is C11H21NS. The molecule has 0 heterocycles. The molecule has 2 heteroatoms. The van der Waals surface area contributed by atoms with Gasteiger partial charge in [-0.3, -0.25) is 0 Å². The quantitative estimate of drug-likeness (QED) is 0.521. The van der Waals surface area contributed by atoms with Crippen LogP contribution < -0.4 is 5.32 Å². The van der Waals surface area contributed by atoms with Crippen LogP contribution in [0, 0.1) is 0 Å². The van der Waals surface area contributed by atoms with Gasteiger partial charge in [-0.25, -0.2) is 0 Å². The van der Waals surface area contributed by atoms with E-state index in [-0.39, 0.29) is 0 Å². The van der Waals surface area contributed by atoms with Gasteiger partial charge in [-0.1, -0.05) is 19.4 Å². The van der Waals surface area contributed by atoms with E-state index in [4.69, 9.17) is 0 Å². The van der Waals surface area contributed by atoms with Crippen molar-refractivity contribution in [3.8, 4) is 0 Å². The smallest absolute Gasteiger partial charge is 0.0201 e. The fourth-order valence-electron chi connectivity index (χ4n) is 1.94. The zero-order valence-corrected chi connectivity index (χ0v) is 9.41. The van der Waals surface area contributed by atoms with E-state index in [2.05, 4.69) is 30.6 Å². The second-order valence-electron chi connectivity index (χ2n) is 3.56. The third-order valence-corrected chi connectivity index (χ3v) is 3.91. The minimum absolute atomic E-state index is 0.768. The van der Waals surface area contributed by atoms with Crippen molar-refractivity contribution in [3.05, 3.63) is 12.7 Å². The molecule has 0 spiro atoms. The third-order valence-electron chi connectivity index (χ3n) is 2.59. The first-order valence-corrected chi connectivity index (χ1v) is 6.39. The highest BCUT2D eigenvalue weighted by Crippen LogP contribution is 2.29. The molecule has 2 unspecified atom stereocenters. The van der Waals surface area contributed by atoms with Crippen LogP contribution in [0.2, 0.25) is 0 Å². The molecule has 76 valence electrons. The van der Waals surface area contributed by atoms with Crippen LogP contribution in [0.3, 0.4) is 0 Å². The van der Waals surface area contributed by atoms with Crippen LogP contribution >= 0.6 is 11.8 Å².